The number of ketones is 2. The Hall–Kier alpha value is -3.00. The first-order valence-corrected chi connectivity index (χ1v) is 9.06. The Labute approximate surface area is 153 Å². The summed E-state index contributed by atoms with van der Waals surface area (Å²) in [5, 5.41) is 0. The van der Waals surface area contributed by atoms with Crippen molar-refractivity contribution in [2.24, 2.45) is 0 Å². The van der Waals surface area contributed by atoms with Gasteiger partial charge >= 0.3 is 0 Å². The molecule has 2 nitrogen and oxygen atoms in total. The van der Waals surface area contributed by atoms with E-state index in [0.717, 1.165) is 41.5 Å². The molecule has 0 fully saturated rings. The van der Waals surface area contributed by atoms with Crippen LogP contribution in [0.1, 0.15) is 56.2 Å². The molecule has 26 heavy (non-hydrogen) atoms. The highest BCUT2D eigenvalue weighted by atomic mass is 16.1. The molecule has 0 amide bonds. The van der Waals surface area contributed by atoms with E-state index in [9.17, 15) is 9.59 Å². The van der Waals surface area contributed by atoms with Gasteiger partial charge in [0.2, 0.25) is 0 Å². The number of Topliss-reactive ketones (excluding diaryl/α,β-unsaturated/α-hetero) is 1. The van der Waals surface area contributed by atoms with Crippen LogP contribution in [-0.2, 0) is 6.42 Å². The lowest BCUT2D eigenvalue weighted by molar-refractivity contribution is 0.0948. The SMILES string of the molecule is O=C(c1ccccc1)c1cccc2c1CCCC2C(=O)c1ccccc1. The van der Waals surface area contributed by atoms with Gasteiger partial charge in [0.25, 0.3) is 0 Å². The second-order valence-corrected chi connectivity index (χ2v) is 6.74. The first kappa shape index (κ1) is 16.5. The Bertz CT molecular complexity index is 942. The molecule has 0 bridgehead atoms. The van der Waals surface area contributed by atoms with Gasteiger partial charge in [0, 0.05) is 22.6 Å². The van der Waals surface area contributed by atoms with Gasteiger partial charge in [-0.15, -0.1) is 0 Å². The molecule has 0 saturated heterocycles. The molecule has 128 valence electrons. The van der Waals surface area contributed by atoms with E-state index in [1.54, 1.807) is 0 Å². The van der Waals surface area contributed by atoms with Crippen LogP contribution in [0.15, 0.2) is 78.9 Å². The predicted molar refractivity (Wildman–Crippen MR) is 103 cm³/mol. The Kier molecular flexibility index (Phi) is 4.49. The summed E-state index contributed by atoms with van der Waals surface area (Å²) >= 11 is 0. The molecule has 0 aromatic heterocycles. The topological polar surface area (TPSA) is 34.1 Å². The van der Waals surface area contributed by atoms with E-state index in [1.165, 1.54) is 0 Å². The van der Waals surface area contributed by atoms with Gasteiger partial charge in [-0.2, -0.15) is 0 Å². The molecule has 1 atom stereocenters. The minimum absolute atomic E-state index is 0.0373. The number of carbonyl (C=O) groups is 2. The van der Waals surface area contributed by atoms with Crippen LogP contribution in [0.2, 0.25) is 0 Å². The molecule has 4 rings (SSSR count). The second-order valence-electron chi connectivity index (χ2n) is 6.74. The van der Waals surface area contributed by atoms with Crippen molar-refractivity contribution in [1.82, 2.24) is 0 Å². The molecule has 0 spiro atoms. The van der Waals surface area contributed by atoms with Crippen LogP contribution in [0, 0.1) is 0 Å². The van der Waals surface area contributed by atoms with Crippen LogP contribution in [-0.4, -0.2) is 11.6 Å². The number of fused-ring (bicyclic) bond motifs is 1. The van der Waals surface area contributed by atoms with Crippen molar-refractivity contribution in [2.75, 3.05) is 0 Å². The minimum atomic E-state index is -0.162. The minimum Gasteiger partial charge on any atom is -0.293 e. The number of hydrogen-bond acceptors (Lipinski definition) is 2. The fourth-order valence-electron chi connectivity index (χ4n) is 3.88. The summed E-state index contributed by atoms with van der Waals surface area (Å²) in [6, 6.07) is 24.6. The summed E-state index contributed by atoms with van der Waals surface area (Å²) < 4.78 is 0. The van der Waals surface area contributed by atoms with Crippen molar-refractivity contribution in [3.63, 3.8) is 0 Å². The Morgan fingerprint density at radius 2 is 1.38 bits per heavy atom. The summed E-state index contributed by atoms with van der Waals surface area (Å²) in [7, 11) is 0. The largest absolute Gasteiger partial charge is 0.293 e. The molecule has 1 unspecified atom stereocenters. The van der Waals surface area contributed by atoms with Crippen LogP contribution >= 0.6 is 0 Å². The molecular formula is C24H20O2. The molecule has 0 saturated carbocycles. The zero-order valence-electron chi connectivity index (χ0n) is 14.5. The maximum atomic E-state index is 13.0. The maximum absolute atomic E-state index is 13.0. The van der Waals surface area contributed by atoms with Crippen LogP contribution in [0.5, 0.6) is 0 Å². The van der Waals surface area contributed by atoms with Gasteiger partial charge in [-0.05, 0) is 30.4 Å². The average Bonchev–Trinajstić information content (AvgIpc) is 2.73. The molecule has 2 heteroatoms. The molecular weight excluding hydrogens is 320 g/mol. The third-order valence-electron chi connectivity index (χ3n) is 5.16. The van der Waals surface area contributed by atoms with Crippen molar-refractivity contribution in [3.05, 3.63) is 107 Å². The van der Waals surface area contributed by atoms with Crippen LogP contribution in [0.4, 0.5) is 0 Å². The van der Waals surface area contributed by atoms with Crippen LogP contribution < -0.4 is 0 Å². The normalized spacial score (nSPS) is 15.9. The molecule has 0 heterocycles. The highest BCUT2D eigenvalue weighted by molar-refractivity contribution is 6.10. The molecule has 3 aromatic rings. The van der Waals surface area contributed by atoms with Crippen molar-refractivity contribution >= 4 is 11.6 Å². The van der Waals surface area contributed by atoms with Gasteiger partial charge in [0.05, 0.1) is 0 Å². The monoisotopic (exact) mass is 340 g/mol. The lowest BCUT2D eigenvalue weighted by Crippen LogP contribution is -2.21. The molecule has 3 aromatic carbocycles. The third-order valence-corrected chi connectivity index (χ3v) is 5.16. The summed E-state index contributed by atoms with van der Waals surface area (Å²) in [4.78, 5) is 26.0. The average molecular weight is 340 g/mol. The predicted octanol–water partition coefficient (Wildman–Crippen LogP) is 5.22. The highest BCUT2D eigenvalue weighted by Gasteiger charge is 2.29. The lowest BCUT2D eigenvalue weighted by atomic mass is 9.76. The van der Waals surface area contributed by atoms with Crippen LogP contribution in [0.3, 0.4) is 0 Å². The quantitative estimate of drug-likeness (QED) is 0.610. The third kappa shape index (κ3) is 2.99. The fraction of sp³-hybridized carbons (Fsp3) is 0.167. The Morgan fingerprint density at radius 1 is 0.731 bits per heavy atom. The van der Waals surface area contributed by atoms with E-state index >= 15 is 0 Å². The van der Waals surface area contributed by atoms with Crippen molar-refractivity contribution in [3.8, 4) is 0 Å². The van der Waals surface area contributed by atoms with Crippen LogP contribution in [0.25, 0.3) is 0 Å². The standard InChI is InChI=1S/C24H20O2/c25-23(17-9-3-1-4-10-17)21-15-7-14-20-19(21)13-8-16-22(20)24(26)18-11-5-2-6-12-18/h1-7,9-12,14-15,22H,8,13,16H2. The fourth-order valence-corrected chi connectivity index (χ4v) is 3.88. The van der Waals surface area contributed by atoms with E-state index in [0.29, 0.717) is 5.56 Å². The number of carbonyl (C=O) groups excluding carboxylic acids is 2. The zero-order chi connectivity index (χ0) is 17.9. The maximum Gasteiger partial charge on any atom is 0.193 e. The lowest BCUT2D eigenvalue weighted by Gasteiger charge is -2.26. The molecule has 0 radical (unpaired) electrons. The smallest absolute Gasteiger partial charge is 0.193 e. The zero-order valence-corrected chi connectivity index (χ0v) is 14.5. The van der Waals surface area contributed by atoms with Gasteiger partial charge < -0.3 is 0 Å². The summed E-state index contributed by atoms with van der Waals surface area (Å²) in [6.07, 6.45) is 2.61. The number of hydrogen-bond donors (Lipinski definition) is 0. The van der Waals surface area contributed by atoms with Crippen molar-refractivity contribution in [2.45, 2.75) is 25.2 Å². The Morgan fingerprint density at radius 3 is 2.08 bits per heavy atom. The second kappa shape index (κ2) is 7.09. The van der Waals surface area contributed by atoms with Gasteiger partial charge in [-0.1, -0.05) is 78.9 Å². The van der Waals surface area contributed by atoms with E-state index in [1.807, 2.05) is 78.9 Å². The Balaban J connectivity index is 1.74. The first-order valence-electron chi connectivity index (χ1n) is 9.06. The van der Waals surface area contributed by atoms with Crippen molar-refractivity contribution in [1.29, 1.82) is 0 Å². The summed E-state index contributed by atoms with van der Waals surface area (Å²) in [6.45, 7) is 0. The summed E-state index contributed by atoms with van der Waals surface area (Å²) in [5.41, 5.74) is 4.23. The van der Waals surface area contributed by atoms with Gasteiger partial charge in [0.1, 0.15) is 0 Å². The number of benzene rings is 3. The van der Waals surface area contributed by atoms with E-state index < -0.39 is 0 Å². The van der Waals surface area contributed by atoms with Crippen molar-refractivity contribution < 1.29 is 9.59 Å². The van der Waals surface area contributed by atoms with Gasteiger partial charge in [-0.25, -0.2) is 0 Å². The molecule has 0 aliphatic heterocycles. The van der Waals surface area contributed by atoms with Gasteiger partial charge in [-0.3, -0.25) is 9.59 Å². The molecule has 1 aliphatic carbocycles. The van der Waals surface area contributed by atoms with Gasteiger partial charge in [0.15, 0.2) is 11.6 Å². The van der Waals surface area contributed by atoms with E-state index in [2.05, 4.69) is 0 Å². The highest BCUT2D eigenvalue weighted by Crippen LogP contribution is 2.36. The van der Waals surface area contributed by atoms with E-state index in [-0.39, 0.29) is 17.5 Å². The number of rotatable bonds is 4. The molecule has 0 N–H and O–H groups in total. The molecule has 1 aliphatic rings. The van der Waals surface area contributed by atoms with E-state index in [4.69, 9.17) is 0 Å². The first-order chi connectivity index (χ1) is 12.8. The summed E-state index contributed by atoms with van der Waals surface area (Å²) in [5.74, 6) is 0.0239.